The molecule has 0 aromatic carbocycles. The molecular weight excluding hydrogens is 244 g/mol. The summed E-state index contributed by atoms with van der Waals surface area (Å²) in [5.41, 5.74) is 1.09. The highest BCUT2D eigenvalue weighted by atomic mass is 32.2. The topological polar surface area (TPSA) is 42.0 Å². The van der Waals surface area contributed by atoms with Crippen molar-refractivity contribution in [3.8, 4) is 0 Å². The third-order valence-electron chi connectivity index (χ3n) is 2.66. The van der Waals surface area contributed by atoms with Crippen LogP contribution in [0.1, 0.15) is 38.3 Å². The van der Waals surface area contributed by atoms with Crippen molar-refractivity contribution in [1.82, 2.24) is 10.3 Å². The minimum absolute atomic E-state index is 0.0769. The number of amides is 1. The van der Waals surface area contributed by atoms with E-state index in [1.54, 1.807) is 18.0 Å². The van der Waals surface area contributed by atoms with Crippen LogP contribution < -0.4 is 5.32 Å². The highest BCUT2D eigenvalue weighted by Gasteiger charge is 2.15. The number of carbonyl (C=O) groups is 1. The van der Waals surface area contributed by atoms with Gasteiger partial charge in [-0.25, -0.2) is 0 Å². The van der Waals surface area contributed by atoms with E-state index in [-0.39, 0.29) is 11.9 Å². The quantitative estimate of drug-likeness (QED) is 0.825. The van der Waals surface area contributed by atoms with Gasteiger partial charge in [0.2, 0.25) is 5.91 Å². The van der Waals surface area contributed by atoms with Crippen LogP contribution in [0.15, 0.2) is 24.5 Å². The average molecular weight is 266 g/mol. The minimum Gasteiger partial charge on any atom is -0.349 e. The summed E-state index contributed by atoms with van der Waals surface area (Å²) in [5, 5.41) is 3.11. The normalized spacial score (nSPS) is 12.4. The Labute approximate surface area is 114 Å². The number of nitrogens with zero attached hydrogens (tertiary/aromatic N) is 1. The number of hydrogen-bond acceptors (Lipinski definition) is 3. The van der Waals surface area contributed by atoms with Crippen LogP contribution in [-0.2, 0) is 4.79 Å². The number of hydrogen-bond donors (Lipinski definition) is 1. The summed E-state index contributed by atoms with van der Waals surface area (Å²) in [5.74, 6) is 1.53. The maximum absolute atomic E-state index is 11.8. The van der Waals surface area contributed by atoms with E-state index in [4.69, 9.17) is 0 Å². The predicted molar refractivity (Wildman–Crippen MR) is 77.6 cm³/mol. The number of pyridine rings is 1. The lowest BCUT2D eigenvalue weighted by Gasteiger charge is -2.20. The van der Waals surface area contributed by atoms with E-state index in [2.05, 4.69) is 24.1 Å². The first kappa shape index (κ1) is 15.0. The van der Waals surface area contributed by atoms with Gasteiger partial charge in [-0.05, 0) is 30.2 Å². The van der Waals surface area contributed by atoms with Gasteiger partial charge in [0, 0.05) is 24.6 Å². The van der Waals surface area contributed by atoms with Crippen molar-refractivity contribution in [2.75, 3.05) is 12.0 Å². The molecule has 100 valence electrons. The zero-order chi connectivity index (χ0) is 13.4. The Balaban J connectivity index is 2.64. The van der Waals surface area contributed by atoms with Gasteiger partial charge in [0.15, 0.2) is 0 Å². The number of nitrogens with one attached hydrogen (secondary N) is 1. The molecule has 0 saturated heterocycles. The Morgan fingerprint density at radius 3 is 2.83 bits per heavy atom. The summed E-state index contributed by atoms with van der Waals surface area (Å²) in [7, 11) is 0. The summed E-state index contributed by atoms with van der Waals surface area (Å²) in [6.45, 7) is 4.33. The molecule has 1 amide bonds. The van der Waals surface area contributed by atoms with Crippen LogP contribution in [0.25, 0.3) is 0 Å². The maximum Gasteiger partial charge on any atom is 0.221 e. The summed E-state index contributed by atoms with van der Waals surface area (Å²) < 4.78 is 0. The number of rotatable bonds is 7. The van der Waals surface area contributed by atoms with Gasteiger partial charge in [-0.2, -0.15) is 11.8 Å². The third kappa shape index (κ3) is 5.54. The van der Waals surface area contributed by atoms with E-state index >= 15 is 0 Å². The first-order valence-electron chi connectivity index (χ1n) is 6.31. The zero-order valence-corrected chi connectivity index (χ0v) is 12.2. The van der Waals surface area contributed by atoms with Crippen LogP contribution in [-0.4, -0.2) is 22.9 Å². The van der Waals surface area contributed by atoms with Crippen molar-refractivity contribution in [1.29, 1.82) is 0 Å². The van der Waals surface area contributed by atoms with Crippen LogP contribution in [0.4, 0.5) is 0 Å². The van der Waals surface area contributed by atoms with E-state index in [9.17, 15) is 4.79 Å². The molecule has 3 nitrogen and oxygen atoms in total. The van der Waals surface area contributed by atoms with Gasteiger partial charge in [-0.3, -0.25) is 9.78 Å². The molecule has 1 N–H and O–H groups in total. The molecule has 1 rings (SSSR count). The van der Waals surface area contributed by atoms with E-state index in [1.807, 2.05) is 24.6 Å². The molecule has 0 saturated carbocycles. The van der Waals surface area contributed by atoms with Gasteiger partial charge in [0.25, 0.3) is 0 Å². The molecule has 0 aliphatic rings. The van der Waals surface area contributed by atoms with Crippen molar-refractivity contribution in [2.45, 2.75) is 32.7 Å². The molecule has 4 heteroatoms. The summed E-state index contributed by atoms with van der Waals surface area (Å²) in [4.78, 5) is 15.9. The van der Waals surface area contributed by atoms with Crippen molar-refractivity contribution in [3.05, 3.63) is 30.1 Å². The third-order valence-corrected chi connectivity index (χ3v) is 3.27. The predicted octanol–water partition coefficient (Wildman–Crippen LogP) is 3.04. The van der Waals surface area contributed by atoms with E-state index in [0.717, 1.165) is 17.7 Å². The van der Waals surface area contributed by atoms with Crippen molar-refractivity contribution < 1.29 is 4.79 Å². The smallest absolute Gasteiger partial charge is 0.221 e. The Bertz CT molecular complexity index is 354. The molecule has 0 spiro atoms. The summed E-state index contributed by atoms with van der Waals surface area (Å²) in [6, 6.07) is 4.01. The lowest BCUT2D eigenvalue weighted by atomic mass is 9.98. The molecule has 1 aromatic rings. The van der Waals surface area contributed by atoms with Crippen molar-refractivity contribution >= 4 is 17.7 Å². The highest BCUT2D eigenvalue weighted by molar-refractivity contribution is 7.98. The van der Waals surface area contributed by atoms with Crippen LogP contribution in [0.3, 0.4) is 0 Å². The Kier molecular flexibility index (Phi) is 6.80. The number of thioether (sulfide) groups is 1. The van der Waals surface area contributed by atoms with Gasteiger partial charge < -0.3 is 5.32 Å². The van der Waals surface area contributed by atoms with Crippen molar-refractivity contribution in [3.63, 3.8) is 0 Å². The largest absolute Gasteiger partial charge is 0.349 e. The van der Waals surface area contributed by atoms with Crippen LogP contribution in [0.2, 0.25) is 0 Å². The highest BCUT2D eigenvalue weighted by Crippen LogP contribution is 2.20. The monoisotopic (exact) mass is 266 g/mol. The molecular formula is C14H22N2OS. The standard InChI is InChI=1S/C14H22N2OS/c1-11(2)9-13(12-5-4-7-15-10-12)16-14(17)6-8-18-3/h4-5,7,10-11,13H,6,8-9H2,1-3H3,(H,16,17)/t13-/m1/s1. The fourth-order valence-electron chi connectivity index (χ4n) is 1.79. The lowest BCUT2D eigenvalue weighted by Crippen LogP contribution is -2.29. The van der Waals surface area contributed by atoms with E-state index in [0.29, 0.717) is 12.3 Å². The second-order valence-corrected chi connectivity index (χ2v) is 5.76. The summed E-state index contributed by atoms with van der Waals surface area (Å²) in [6.07, 6.45) is 7.13. The second kappa shape index (κ2) is 8.14. The first-order valence-corrected chi connectivity index (χ1v) is 7.71. The zero-order valence-electron chi connectivity index (χ0n) is 11.3. The second-order valence-electron chi connectivity index (χ2n) is 4.78. The van der Waals surface area contributed by atoms with Crippen LogP contribution in [0.5, 0.6) is 0 Å². The van der Waals surface area contributed by atoms with Gasteiger partial charge in [-0.15, -0.1) is 0 Å². The molecule has 0 aliphatic carbocycles. The van der Waals surface area contributed by atoms with Crippen LogP contribution in [0, 0.1) is 5.92 Å². The molecule has 0 fully saturated rings. The SMILES string of the molecule is CSCCC(=O)N[C@H](CC(C)C)c1cccnc1. The fourth-order valence-corrected chi connectivity index (χ4v) is 2.18. The van der Waals surface area contributed by atoms with Crippen molar-refractivity contribution in [2.24, 2.45) is 5.92 Å². The van der Waals surface area contributed by atoms with E-state index in [1.165, 1.54) is 0 Å². The van der Waals surface area contributed by atoms with Gasteiger partial charge in [0.1, 0.15) is 0 Å². The molecule has 1 atom stereocenters. The Morgan fingerprint density at radius 1 is 1.50 bits per heavy atom. The Morgan fingerprint density at radius 2 is 2.28 bits per heavy atom. The average Bonchev–Trinajstić information content (AvgIpc) is 2.36. The van der Waals surface area contributed by atoms with Gasteiger partial charge in [-0.1, -0.05) is 19.9 Å². The van der Waals surface area contributed by atoms with Gasteiger partial charge >= 0.3 is 0 Å². The Hall–Kier alpha value is -1.03. The van der Waals surface area contributed by atoms with E-state index < -0.39 is 0 Å². The fraction of sp³-hybridized carbons (Fsp3) is 0.571. The molecule has 0 radical (unpaired) electrons. The molecule has 1 heterocycles. The van der Waals surface area contributed by atoms with Crippen LogP contribution >= 0.6 is 11.8 Å². The molecule has 1 aromatic heterocycles. The molecule has 0 bridgehead atoms. The van der Waals surface area contributed by atoms with Gasteiger partial charge in [0.05, 0.1) is 6.04 Å². The number of aromatic nitrogens is 1. The first-order chi connectivity index (χ1) is 8.63. The lowest BCUT2D eigenvalue weighted by molar-refractivity contribution is -0.121. The maximum atomic E-state index is 11.8. The molecule has 18 heavy (non-hydrogen) atoms. The number of carbonyl (C=O) groups excluding carboxylic acids is 1. The molecule has 0 unspecified atom stereocenters. The summed E-state index contributed by atoms with van der Waals surface area (Å²) >= 11 is 1.69. The molecule has 0 aliphatic heterocycles. The minimum atomic E-state index is 0.0769.